The van der Waals surface area contributed by atoms with E-state index in [0.717, 1.165) is 6.42 Å². The summed E-state index contributed by atoms with van der Waals surface area (Å²) in [6, 6.07) is 13.9. The van der Waals surface area contributed by atoms with E-state index in [1.165, 1.54) is 6.20 Å². The Morgan fingerprint density at radius 1 is 1.11 bits per heavy atom. The molecule has 5 rings (SSSR count). The molecule has 3 heterocycles. The van der Waals surface area contributed by atoms with Gasteiger partial charge < -0.3 is 24.9 Å². The summed E-state index contributed by atoms with van der Waals surface area (Å²) in [5, 5.41) is 13.2. The normalized spacial score (nSPS) is 17.1. The molecule has 0 bridgehead atoms. The van der Waals surface area contributed by atoms with Gasteiger partial charge in [-0.3, -0.25) is 4.79 Å². The molecule has 1 saturated heterocycles. The first kappa shape index (κ1) is 24.0. The minimum absolute atomic E-state index is 0.0332. The van der Waals surface area contributed by atoms with Crippen molar-refractivity contribution in [2.45, 2.75) is 25.0 Å². The first-order chi connectivity index (χ1) is 18.1. The van der Waals surface area contributed by atoms with Crippen LogP contribution in [0.25, 0.3) is 20.7 Å². The van der Waals surface area contributed by atoms with Crippen LogP contribution in [0.5, 0.6) is 11.5 Å². The fourth-order valence-electron chi connectivity index (χ4n) is 4.39. The summed E-state index contributed by atoms with van der Waals surface area (Å²) >= 11 is 0. The molecular formula is C28H23N5O4. The maximum atomic E-state index is 13.7. The first-order valence-corrected chi connectivity index (χ1v) is 11.8. The van der Waals surface area contributed by atoms with E-state index in [4.69, 9.17) is 22.6 Å². The van der Waals surface area contributed by atoms with E-state index < -0.39 is 0 Å². The van der Waals surface area contributed by atoms with Gasteiger partial charge in [-0.1, -0.05) is 24.3 Å². The quantitative estimate of drug-likeness (QED) is 0.227. The third-order valence-corrected chi connectivity index (χ3v) is 6.28. The van der Waals surface area contributed by atoms with Crippen molar-refractivity contribution < 1.29 is 19.4 Å². The van der Waals surface area contributed by atoms with Gasteiger partial charge in [-0.05, 0) is 37.1 Å². The zero-order valence-corrected chi connectivity index (χ0v) is 19.8. The average molecular weight is 494 g/mol. The van der Waals surface area contributed by atoms with E-state index in [0.29, 0.717) is 46.8 Å². The van der Waals surface area contributed by atoms with Crippen molar-refractivity contribution in [1.29, 1.82) is 0 Å². The molecule has 1 fully saturated rings. The Kier molecular flexibility index (Phi) is 6.82. The molecule has 0 radical (unpaired) electrons. The Balaban J connectivity index is 1.50. The van der Waals surface area contributed by atoms with Crippen LogP contribution in [0.1, 0.15) is 28.8 Å². The molecular weight excluding hydrogens is 470 g/mol. The fraction of sp³-hybridized carbons (Fsp3) is 0.214. The van der Waals surface area contributed by atoms with Crippen LogP contribution in [0.2, 0.25) is 0 Å². The fourth-order valence-corrected chi connectivity index (χ4v) is 4.39. The van der Waals surface area contributed by atoms with Crippen LogP contribution in [-0.2, 0) is 4.74 Å². The van der Waals surface area contributed by atoms with Gasteiger partial charge in [0, 0.05) is 34.9 Å². The Labute approximate surface area is 213 Å². The molecule has 1 aliphatic heterocycles. The summed E-state index contributed by atoms with van der Waals surface area (Å²) in [5.41, 5.74) is 1.92. The van der Waals surface area contributed by atoms with Crippen LogP contribution in [-0.4, -0.2) is 46.2 Å². The van der Waals surface area contributed by atoms with Gasteiger partial charge in [0.15, 0.2) is 5.78 Å². The number of hydrogen-bond acceptors (Lipinski definition) is 6. The molecule has 0 aliphatic carbocycles. The zero-order valence-electron chi connectivity index (χ0n) is 19.8. The summed E-state index contributed by atoms with van der Waals surface area (Å²) in [6.07, 6.45) is 4.25. The maximum absolute atomic E-state index is 13.7. The third-order valence-electron chi connectivity index (χ3n) is 6.28. The minimum atomic E-state index is -0.365. The van der Waals surface area contributed by atoms with Gasteiger partial charge in [0.05, 0.1) is 38.1 Å². The third kappa shape index (κ3) is 4.87. The highest BCUT2D eigenvalue weighted by Gasteiger charge is 2.26. The highest BCUT2D eigenvalue weighted by atomic mass is 16.5. The Hall–Kier alpha value is -4.70. The Morgan fingerprint density at radius 3 is 2.62 bits per heavy atom. The number of hydrogen-bond donors (Lipinski definition) is 3. The van der Waals surface area contributed by atoms with E-state index in [2.05, 4.69) is 25.0 Å². The van der Waals surface area contributed by atoms with Crippen molar-refractivity contribution in [2.75, 3.05) is 18.5 Å². The van der Waals surface area contributed by atoms with E-state index in [1.807, 2.05) is 18.2 Å². The maximum Gasteiger partial charge on any atom is 0.228 e. The smallest absolute Gasteiger partial charge is 0.228 e. The first-order valence-electron chi connectivity index (χ1n) is 11.8. The number of fused-ring (bicyclic) bond motifs is 1. The summed E-state index contributed by atoms with van der Waals surface area (Å²) < 4.78 is 11.5. The largest absolute Gasteiger partial charge is 0.459 e. The molecule has 2 aromatic heterocycles. The molecule has 2 atom stereocenters. The van der Waals surface area contributed by atoms with Gasteiger partial charge in [-0.15, -0.1) is 0 Å². The second-order valence-electron chi connectivity index (χ2n) is 8.65. The predicted octanol–water partition coefficient (Wildman–Crippen LogP) is 5.64. The number of benzene rings is 2. The number of rotatable bonds is 7. The molecule has 3 N–H and O–H groups in total. The number of ether oxygens (including phenoxy) is 2. The molecule has 9 nitrogen and oxygen atoms in total. The number of H-pyrrole nitrogens is 1. The molecule has 9 heteroatoms. The molecule has 0 saturated carbocycles. The number of ketones is 1. The molecule has 2 aromatic carbocycles. The van der Waals surface area contributed by atoms with Crippen LogP contribution >= 0.6 is 0 Å². The van der Waals surface area contributed by atoms with Crippen LogP contribution in [0.4, 0.5) is 17.1 Å². The lowest BCUT2D eigenvalue weighted by Crippen LogP contribution is -2.36. The number of pyridine rings is 1. The molecule has 1 aliphatic rings. The Bertz CT molecular complexity index is 1530. The van der Waals surface area contributed by atoms with Crippen LogP contribution < -0.4 is 10.1 Å². The lowest BCUT2D eigenvalue weighted by atomic mass is 9.99. The molecule has 0 spiro atoms. The lowest BCUT2D eigenvalue weighted by molar-refractivity contribution is -0.0223. The lowest BCUT2D eigenvalue weighted by Gasteiger charge is -2.29. The van der Waals surface area contributed by atoms with E-state index in [-0.39, 0.29) is 41.5 Å². The molecule has 37 heavy (non-hydrogen) atoms. The van der Waals surface area contributed by atoms with Gasteiger partial charge >= 0.3 is 0 Å². The van der Waals surface area contributed by atoms with Crippen molar-refractivity contribution in [3.05, 3.63) is 94.9 Å². The molecule has 4 aromatic rings. The van der Waals surface area contributed by atoms with Crippen molar-refractivity contribution in [1.82, 2.24) is 9.97 Å². The molecule has 184 valence electrons. The van der Waals surface area contributed by atoms with Crippen molar-refractivity contribution >= 4 is 33.9 Å². The summed E-state index contributed by atoms with van der Waals surface area (Å²) in [5.74, 6) is 0.709. The minimum Gasteiger partial charge on any atom is -0.459 e. The van der Waals surface area contributed by atoms with Gasteiger partial charge in [-0.25, -0.2) is 14.7 Å². The number of para-hydroxylation sites is 1. The van der Waals surface area contributed by atoms with Crippen molar-refractivity contribution in [3.8, 4) is 11.5 Å². The van der Waals surface area contributed by atoms with Gasteiger partial charge in [0.1, 0.15) is 17.1 Å². The number of anilines is 1. The van der Waals surface area contributed by atoms with Gasteiger partial charge in [0.25, 0.3) is 0 Å². The SMILES string of the molecule is [C-]#[N+]c1cc(Oc2ccccc2)ccc1C(=O)c1c[nH]c2ncc([N+]#[C-])c(N[C@@H]3CC[C@@H](CO)OC3)c12. The van der Waals surface area contributed by atoms with E-state index in [9.17, 15) is 9.90 Å². The Morgan fingerprint density at radius 2 is 1.92 bits per heavy atom. The highest BCUT2D eigenvalue weighted by molar-refractivity contribution is 6.21. The number of carbonyl (C=O) groups excluding carboxylic acids is 1. The second-order valence-corrected chi connectivity index (χ2v) is 8.65. The monoisotopic (exact) mass is 493 g/mol. The molecule has 0 amide bonds. The summed E-state index contributed by atoms with van der Waals surface area (Å²) in [4.78, 5) is 28.2. The van der Waals surface area contributed by atoms with Crippen LogP contribution in [0.3, 0.4) is 0 Å². The standard InChI is InChI=1S/C28H23N5O4/c1-29-23-12-19(37-18-6-4-3-5-7-18)10-11-21(23)27(35)22-13-31-28-25(22)26(24(30-2)14-32-28)33-17-8-9-20(15-34)36-16-17/h3-7,10-14,17,20,34H,8-9,15-16H2,(H2,31,32,33)/t17-,20+/m1/s1. The number of aromatic nitrogens is 2. The number of carbonyl (C=O) groups is 1. The van der Waals surface area contributed by atoms with Crippen molar-refractivity contribution in [3.63, 3.8) is 0 Å². The predicted molar refractivity (Wildman–Crippen MR) is 138 cm³/mol. The summed E-state index contributed by atoms with van der Waals surface area (Å²) in [7, 11) is 0. The van der Waals surface area contributed by atoms with Crippen LogP contribution in [0.15, 0.2) is 60.9 Å². The highest BCUT2D eigenvalue weighted by Crippen LogP contribution is 2.38. The number of aliphatic hydroxyl groups is 1. The number of nitrogens with one attached hydrogen (secondary N) is 2. The number of aromatic amines is 1. The zero-order chi connectivity index (χ0) is 25.8. The summed E-state index contributed by atoms with van der Waals surface area (Å²) in [6.45, 7) is 15.6. The van der Waals surface area contributed by atoms with E-state index in [1.54, 1.807) is 36.5 Å². The van der Waals surface area contributed by atoms with Gasteiger partial charge in [-0.2, -0.15) is 0 Å². The molecule has 0 unspecified atom stereocenters. The number of nitrogens with zero attached hydrogens (tertiary/aromatic N) is 3. The number of aliphatic hydroxyl groups excluding tert-OH is 1. The topological polar surface area (TPSA) is 105 Å². The second kappa shape index (κ2) is 10.5. The van der Waals surface area contributed by atoms with Gasteiger partial charge in [0.2, 0.25) is 11.4 Å². The van der Waals surface area contributed by atoms with E-state index >= 15 is 0 Å². The van der Waals surface area contributed by atoms with Crippen molar-refractivity contribution in [2.24, 2.45) is 0 Å². The average Bonchev–Trinajstić information content (AvgIpc) is 3.38. The van der Waals surface area contributed by atoms with Crippen LogP contribution in [0, 0.1) is 13.1 Å².